The third-order valence-electron chi connectivity index (χ3n) is 4.81. The van der Waals surface area contributed by atoms with Crippen LogP contribution < -0.4 is 38.2 Å². The van der Waals surface area contributed by atoms with Crippen molar-refractivity contribution in [1.82, 2.24) is 0 Å². The zero-order valence-electron chi connectivity index (χ0n) is 15.8. The van der Waals surface area contributed by atoms with Crippen molar-refractivity contribution in [1.29, 1.82) is 0 Å². The second-order valence-corrected chi connectivity index (χ2v) is 7.29. The van der Waals surface area contributed by atoms with E-state index in [1.165, 1.54) is 32.2 Å². The first-order valence-electron chi connectivity index (χ1n) is 9.02. The highest BCUT2D eigenvalue weighted by Crippen LogP contribution is 2.47. The van der Waals surface area contributed by atoms with E-state index in [1.54, 1.807) is 7.11 Å². The van der Waals surface area contributed by atoms with Crippen LogP contribution in [-0.2, 0) is 6.54 Å². The maximum Gasteiger partial charge on any atom is 0.212 e. The normalized spacial score (nSPS) is 14.3. The molecule has 2 heterocycles. The van der Waals surface area contributed by atoms with Gasteiger partial charge in [0.25, 0.3) is 0 Å². The van der Waals surface area contributed by atoms with Crippen molar-refractivity contribution in [3.05, 3.63) is 65.3 Å². The quantitative estimate of drug-likeness (QED) is 0.412. The molecule has 4 rings (SSSR count). The van der Waals surface area contributed by atoms with Crippen LogP contribution in [0.3, 0.4) is 0 Å². The molecule has 0 fully saturated rings. The lowest BCUT2D eigenvalue weighted by molar-refractivity contribution is -0.669. The molecule has 0 N–H and O–H groups in total. The average molecular weight is 490 g/mol. The number of fused-ring (bicyclic) bond motifs is 2. The number of rotatable bonds is 4. The molecule has 140 valence electrons. The van der Waals surface area contributed by atoms with Gasteiger partial charge in [-0.3, -0.25) is 0 Å². The molecule has 0 bridgehead atoms. The third kappa shape index (κ3) is 3.67. The fourth-order valence-electron chi connectivity index (χ4n) is 3.53. The van der Waals surface area contributed by atoms with E-state index in [9.17, 15) is 0 Å². The summed E-state index contributed by atoms with van der Waals surface area (Å²) in [6.07, 6.45) is 2.30. The van der Waals surface area contributed by atoms with Crippen molar-refractivity contribution in [3.63, 3.8) is 0 Å². The molecule has 0 amide bonds. The van der Waals surface area contributed by atoms with Gasteiger partial charge in [-0.1, -0.05) is 23.9 Å². The Kier molecular flexibility index (Phi) is 6.32. The molecule has 27 heavy (non-hydrogen) atoms. The lowest BCUT2D eigenvalue weighted by Gasteiger charge is -2.18. The molecule has 0 unspecified atom stereocenters. The number of ether oxygens (including phenoxy) is 1. The highest BCUT2D eigenvalue weighted by Gasteiger charge is 2.26. The summed E-state index contributed by atoms with van der Waals surface area (Å²) in [5, 5.41) is 2.53. The minimum atomic E-state index is 0. The number of hydrogen-bond acceptors (Lipinski definition) is 3. The van der Waals surface area contributed by atoms with Crippen molar-refractivity contribution in [3.8, 4) is 5.75 Å². The van der Waals surface area contributed by atoms with E-state index in [4.69, 9.17) is 4.74 Å². The number of thioether (sulfide) groups is 1. The van der Waals surface area contributed by atoms with Gasteiger partial charge in [0.05, 0.1) is 17.8 Å². The van der Waals surface area contributed by atoms with Crippen molar-refractivity contribution in [2.45, 2.75) is 25.3 Å². The highest BCUT2D eigenvalue weighted by atomic mass is 127. The Morgan fingerprint density at radius 1 is 1.07 bits per heavy atom. The lowest BCUT2D eigenvalue weighted by atomic mass is 10.2. The maximum absolute atomic E-state index is 5.41. The minimum Gasteiger partial charge on any atom is -1.00 e. The van der Waals surface area contributed by atoms with Gasteiger partial charge in [0.2, 0.25) is 11.2 Å². The van der Waals surface area contributed by atoms with Gasteiger partial charge in [-0.05, 0) is 38.1 Å². The highest BCUT2D eigenvalue weighted by molar-refractivity contribution is 8.03. The van der Waals surface area contributed by atoms with Gasteiger partial charge < -0.3 is 33.6 Å². The summed E-state index contributed by atoms with van der Waals surface area (Å²) in [4.78, 5) is 3.64. The summed E-state index contributed by atoms with van der Waals surface area (Å²) in [7, 11) is 1.72. The van der Waals surface area contributed by atoms with Gasteiger partial charge in [-0.2, -0.15) is 4.57 Å². The van der Waals surface area contributed by atoms with Gasteiger partial charge >= 0.3 is 0 Å². The van der Waals surface area contributed by atoms with Crippen LogP contribution in [-0.4, -0.2) is 13.7 Å². The number of methoxy groups -OCH3 is 1. The molecule has 0 aliphatic carbocycles. The fraction of sp³-hybridized carbons (Fsp3) is 0.227. The number of nitrogens with zero attached hydrogens (tertiary/aromatic N) is 2. The molecule has 0 spiro atoms. The van der Waals surface area contributed by atoms with Crippen molar-refractivity contribution in [2.24, 2.45) is 0 Å². The number of benzene rings is 2. The Morgan fingerprint density at radius 2 is 1.89 bits per heavy atom. The van der Waals surface area contributed by atoms with E-state index in [-0.39, 0.29) is 24.0 Å². The smallest absolute Gasteiger partial charge is 0.212 e. The molecule has 3 nitrogen and oxygen atoms in total. The zero-order valence-corrected chi connectivity index (χ0v) is 18.8. The van der Waals surface area contributed by atoms with Crippen LogP contribution in [0.2, 0.25) is 0 Å². The molecule has 0 saturated heterocycles. The molecule has 0 atom stereocenters. The molecule has 1 aliphatic rings. The van der Waals surface area contributed by atoms with Gasteiger partial charge in [-0.15, -0.1) is 0 Å². The Labute approximate surface area is 182 Å². The Morgan fingerprint density at radius 3 is 2.63 bits per heavy atom. The topological polar surface area (TPSA) is 16.4 Å². The number of hydrogen-bond donors (Lipinski definition) is 0. The molecular formula is C22H23IN2OS. The molecule has 3 aromatic rings. The third-order valence-corrected chi connectivity index (χ3v) is 5.93. The largest absolute Gasteiger partial charge is 1.00 e. The van der Waals surface area contributed by atoms with Crippen LogP contribution in [0.15, 0.2) is 64.5 Å². The van der Waals surface area contributed by atoms with Crippen molar-refractivity contribution >= 4 is 34.4 Å². The average Bonchev–Trinajstić information content (AvgIpc) is 3.03. The maximum atomic E-state index is 5.41. The molecule has 5 heteroatoms. The Bertz CT molecular complexity index is 1000. The van der Waals surface area contributed by atoms with Crippen LogP contribution in [0, 0.1) is 0 Å². The van der Waals surface area contributed by atoms with Gasteiger partial charge in [0.1, 0.15) is 12.3 Å². The van der Waals surface area contributed by atoms with E-state index < -0.39 is 0 Å². The van der Waals surface area contributed by atoms with E-state index >= 15 is 0 Å². The predicted octanol–water partition coefficient (Wildman–Crippen LogP) is 2.09. The molecule has 1 aromatic heterocycles. The van der Waals surface area contributed by atoms with Crippen LogP contribution >= 0.6 is 11.8 Å². The monoisotopic (exact) mass is 490 g/mol. The second-order valence-electron chi connectivity index (χ2n) is 6.22. The van der Waals surface area contributed by atoms with Crippen LogP contribution in [0.5, 0.6) is 5.75 Å². The minimum absolute atomic E-state index is 0. The number of para-hydroxylation sites is 1. The molecule has 0 radical (unpaired) electrons. The predicted molar refractivity (Wildman–Crippen MR) is 110 cm³/mol. The van der Waals surface area contributed by atoms with E-state index in [0.717, 1.165) is 18.8 Å². The van der Waals surface area contributed by atoms with Crippen molar-refractivity contribution in [2.75, 3.05) is 18.6 Å². The summed E-state index contributed by atoms with van der Waals surface area (Å²) >= 11 is 1.83. The first-order valence-corrected chi connectivity index (χ1v) is 9.83. The Balaban J connectivity index is 0.00000210. The molecular weight excluding hydrogens is 467 g/mol. The number of pyridine rings is 1. The first kappa shape index (κ1) is 20.0. The summed E-state index contributed by atoms with van der Waals surface area (Å²) in [6.45, 7) is 6.27. The van der Waals surface area contributed by atoms with Crippen LogP contribution in [0.4, 0.5) is 5.69 Å². The van der Waals surface area contributed by atoms with E-state index in [2.05, 4.69) is 77.9 Å². The Hall–Kier alpha value is -1.73. The van der Waals surface area contributed by atoms with Gasteiger partial charge in [0, 0.05) is 41.1 Å². The number of anilines is 1. The summed E-state index contributed by atoms with van der Waals surface area (Å²) in [6, 6.07) is 19.3. The number of halogens is 1. The SMILES string of the molecule is CCN1/C(=C/c2ccc3ccccc3[n+]2CC)Sc2ccc(OC)cc21.[I-]. The van der Waals surface area contributed by atoms with E-state index in [0.29, 0.717) is 0 Å². The molecule has 0 saturated carbocycles. The molecule has 2 aromatic carbocycles. The lowest BCUT2D eigenvalue weighted by Crippen LogP contribution is -3.00. The fourth-order valence-corrected chi connectivity index (χ4v) is 4.68. The second kappa shape index (κ2) is 8.52. The first-order chi connectivity index (χ1) is 12.7. The van der Waals surface area contributed by atoms with E-state index in [1.807, 2.05) is 17.8 Å². The van der Waals surface area contributed by atoms with Gasteiger partial charge in [-0.25, -0.2) is 0 Å². The van der Waals surface area contributed by atoms with Crippen molar-refractivity contribution < 1.29 is 33.3 Å². The number of aryl methyl sites for hydroxylation is 1. The summed E-state index contributed by atoms with van der Waals surface area (Å²) in [5.41, 5.74) is 3.73. The van der Waals surface area contributed by atoms with Crippen LogP contribution in [0.25, 0.3) is 17.0 Å². The summed E-state index contributed by atoms with van der Waals surface area (Å²) < 4.78 is 7.79. The number of aromatic nitrogens is 1. The summed E-state index contributed by atoms with van der Waals surface area (Å²) in [5.74, 6) is 0.901. The zero-order chi connectivity index (χ0) is 18.1. The van der Waals surface area contributed by atoms with Gasteiger partial charge in [0.15, 0.2) is 0 Å². The standard InChI is InChI=1S/C22H23N2OS.HI/c1-4-23-17(11-10-16-8-6-7-9-19(16)23)14-22-24(5-2)20-15-18(25-3)12-13-21(20)26-22;/h6-15H,4-5H2,1-3H3;1H/q+1;/p-1. The molecule has 1 aliphatic heterocycles. The van der Waals surface area contributed by atoms with Crippen LogP contribution in [0.1, 0.15) is 19.5 Å².